The van der Waals surface area contributed by atoms with Gasteiger partial charge in [-0.25, -0.2) is 4.98 Å². The molecule has 0 saturated carbocycles. The molecule has 0 fully saturated rings. The number of pyridine rings is 1. The first kappa shape index (κ1) is 13.3. The molecule has 1 aromatic heterocycles. The van der Waals surface area contributed by atoms with E-state index in [1.54, 1.807) is 33.2 Å². The minimum absolute atomic E-state index is 0.126. The Bertz CT molecular complexity index is 398. The molecule has 1 unspecified atom stereocenters. The van der Waals surface area contributed by atoms with Crippen molar-refractivity contribution in [2.75, 3.05) is 14.1 Å². The Morgan fingerprint density at radius 2 is 2.19 bits per heavy atom. The molecule has 0 spiro atoms. The van der Waals surface area contributed by atoms with Gasteiger partial charge in [0.1, 0.15) is 4.60 Å². The highest BCUT2D eigenvalue weighted by molar-refractivity contribution is 9.10. The maximum Gasteiger partial charge on any atom is 0.262 e. The average Bonchev–Trinajstić information content (AvgIpc) is 2.20. The zero-order valence-electron chi connectivity index (χ0n) is 9.20. The van der Waals surface area contributed by atoms with Crippen LogP contribution in [0.5, 0.6) is 5.75 Å². The summed E-state index contributed by atoms with van der Waals surface area (Å²) in [5.41, 5.74) is 0. The zero-order chi connectivity index (χ0) is 12.3. The molecule has 0 radical (unpaired) electrons. The second-order valence-corrected chi connectivity index (χ2v) is 4.59. The van der Waals surface area contributed by atoms with Gasteiger partial charge in [-0.2, -0.15) is 0 Å². The van der Waals surface area contributed by atoms with Crippen molar-refractivity contribution in [2.45, 2.75) is 13.0 Å². The summed E-state index contributed by atoms with van der Waals surface area (Å²) in [5, 5.41) is 0.229. The molecule has 0 saturated heterocycles. The van der Waals surface area contributed by atoms with Crippen LogP contribution in [0.15, 0.2) is 16.7 Å². The second kappa shape index (κ2) is 5.50. The van der Waals surface area contributed by atoms with Crippen LogP contribution in [0.25, 0.3) is 0 Å². The van der Waals surface area contributed by atoms with E-state index in [0.717, 1.165) is 0 Å². The molecule has 1 rings (SSSR count). The van der Waals surface area contributed by atoms with Crippen LogP contribution in [-0.4, -0.2) is 36.0 Å². The van der Waals surface area contributed by atoms with E-state index in [4.69, 9.17) is 16.3 Å². The van der Waals surface area contributed by atoms with Gasteiger partial charge in [-0.1, -0.05) is 11.6 Å². The Labute approximate surface area is 108 Å². The Morgan fingerprint density at radius 3 is 2.69 bits per heavy atom. The lowest BCUT2D eigenvalue weighted by Gasteiger charge is -2.18. The van der Waals surface area contributed by atoms with Gasteiger partial charge in [0.05, 0.1) is 0 Å². The van der Waals surface area contributed by atoms with Crippen LogP contribution < -0.4 is 4.74 Å². The van der Waals surface area contributed by atoms with Crippen LogP contribution in [0.3, 0.4) is 0 Å². The molecule has 0 aromatic carbocycles. The van der Waals surface area contributed by atoms with E-state index in [2.05, 4.69) is 20.9 Å². The third-order valence-electron chi connectivity index (χ3n) is 1.87. The van der Waals surface area contributed by atoms with Gasteiger partial charge in [-0.05, 0) is 35.0 Å². The highest BCUT2D eigenvalue weighted by atomic mass is 79.9. The van der Waals surface area contributed by atoms with Crippen LogP contribution in [0.1, 0.15) is 6.92 Å². The van der Waals surface area contributed by atoms with E-state index in [1.165, 1.54) is 4.90 Å². The molecule has 0 aliphatic carbocycles. The summed E-state index contributed by atoms with van der Waals surface area (Å²) in [5.74, 6) is 0.270. The molecular formula is C10H12BrClN2O2. The Balaban J connectivity index is 2.77. The van der Waals surface area contributed by atoms with Gasteiger partial charge in [0.15, 0.2) is 17.0 Å². The number of nitrogens with zero attached hydrogens (tertiary/aromatic N) is 2. The lowest BCUT2D eigenvalue weighted by Crippen LogP contribution is -2.35. The number of halogens is 2. The van der Waals surface area contributed by atoms with Crippen molar-refractivity contribution in [1.82, 2.24) is 9.88 Å². The van der Waals surface area contributed by atoms with Gasteiger partial charge in [0, 0.05) is 14.1 Å². The maximum atomic E-state index is 11.6. The molecule has 1 heterocycles. The van der Waals surface area contributed by atoms with Gasteiger partial charge in [0.2, 0.25) is 0 Å². The van der Waals surface area contributed by atoms with Crippen LogP contribution >= 0.6 is 27.5 Å². The normalized spacial score (nSPS) is 12.1. The summed E-state index contributed by atoms with van der Waals surface area (Å²) < 4.78 is 6.04. The first-order valence-electron chi connectivity index (χ1n) is 4.61. The van der Waals surface area contributed by atoms with Crippen molar-refractivity contribution >= 4 is 33.4 Å². The standard InChI is InChI=1S/C10H12BrClN2O2/c1-6(10(15)14(2)3)16-7-4-5-8(11)13-9(7)12/h4-6H,1-3H3. The number of hydrogen-bond donors (Lipinski definition) is 0. The SMILES string of the molecule is CC(Oc1ccc(Br)nc1Cl)C(=O)N(C)C. The fourth-order valence-electron chi connectivity index (χ4n) is 1.09. The molecule has 6 heteroatoms. The molecule has 16 heavy (non-hydrogen) atoms. The molecule has 1 atom stereocenters. The number of likely N-dealkylation sites (N-methyl/N-ethyl adjacent to an activating group) is 1. The summed E-state index contributed by atoms with van der Waals surface area (Å²) >= 11 is 9.06. The lowest BCUT2D eigenvalue weighted by molar-refractivity contribution is -0.135. The number of carbonyl (C=O) groups is 1. The Morgan fingerprint density at radius 1 is 1.56 bits per heavy atom. The highest BCUT2D eigenvalue weighted by Gasteiger charge is 2.18. The predicted molar refractivity (Wildman–Crippen MR) is 65.7 cm³/mol. The third kappa shape index (κ3) is 3.35. The van der Waals surface area contributed by atoms with Crippen molar-refractivity contribution in [3.63, 3.8) is 0 Å². The lowest BCUT2D eigenvalue weighted by atomic mass is 10.3. The minimum Gasteiger partial charge on any atom is -0.478 e. The smallest absolute Gasteiger partial charge is 0.262 e. The van der Waals surface area contributed by atoms with Crippen LogP contribution in [-0.2, 0) is 4.79 Å². The Kier molecular flexibility index (Phi) is 4.56. The van der Waals surface area contributed by atoms with Crippen molar-refractivity contribution in [2.24, 2.45) is 0 Å². The number of rotatable bonds is 3. The first-order chi connectivity index (χ1) is 7.41. The molecule has 1 aromatic rings. The molecule has 0 aliphatic rings. The number of hydrogen-bond acceptors (Lipinski definition) is 3. The molecule has 0 bridgehead atoms. The van der Waals surface area contributed by atoms with Crippen molar-refractivity contribution in [1.29, 1.82) is 0 Å². The number of carbonyl (C=O) groups excluding carboxylic acids is 1. The van der Waals surface area contributed by atoms with Crippen molar-refractivity contribution < 1.29 is 9.53 Å². The molecule has 0 N–H and O–H groups in total. The van der Waals surface area contributed by atoms with Gasteiger partial charge in [-0.3, -0.25) is 4.79 Å². The average molecular weight is 308 g/mol. The Hall–Kier alpha value is -0.810. The van der Waals surface area contributed by atoms with E-state index in [-0.39, 0.29) is 11.1 Å². The molecule has 0 aliphatic heterocycles. The van der Waals surface area contributed by atoms with E-state index in [9.17, 15) is 4.79 Å². The molecule has 1 amide bonds. The second-order valence-electron chi connectivity index (χ2n) is 3.42. The predicted octanol–water partition coefficient (Wildman–Crippen LogP) is 2.35. The topological polar surface area (TPSA) is 42.4 Å². The molecule has 88 valence electrons. The van der Waals surface area contributed by atoms with Gasteiger partial charge >= 0.3 is 0 Å². The number of aromatic nitrogens is 1. The summed E-state index contributed by atoms with van der Waals surface area (Å²) in [6.07, 6.45) is -0.588. The van der Waals surface area contributed by atoms with Gasteiger partial charge in [0.25, 0.3) is 5.91 Å². The van der Waals surface area contributed by atoms with E-state index in [1.807, 2.05) is 0 Å². The fourth-order valence-corrected chi connectivity index (χ4v) is 1.70. The summed E-state index contributed by atoms with van der Waals surface area (Å²) in [6.45, 7) is 1.67. The minimum atomic E-state index is -0.588. The molecular weight excluding hydrogens is 295 g/mol. The monoisotopic (exact) mass is 306 g/mol. The fraction of sp³-hybridized carbons (Fsp3) is 0.400. The molecule has 4 nitrogen and oxygen atoms in total. The third-order valence-corrected chi connectivity index (χ3v) is 2.59. The number of ether oxygens (including phenoxy) is 1. The summed E-state index contributed by atoms with van der Waals surface area (Å²) in [6, 6.07) is 3.37. The summed E-state index contributed by atoms with van der Waals surface area (Å²) in [7, 11) is 3.34. The van der Waals surface area contributed by atoms with Crippen molar-refractivity contribution in [3.8, 4) is 5.75 Å². The largest absolute Gasteiger partial charge is 0.478 e. The van der Waals surface area contributed by atoms with E-state index >= 15 is 0 Å². The van der Waals surface area contributed by atoms with E-state index < -0.39 is 6.10 Å². The van der Waals surface area contributed by atoms with Crippen molar-refractivity contribution in [3.05, 3.63) is 21.9 Å². The summed E-state index contributed by atoms with van der Waals surface area (Å²) in [4.78, 5) is 17.0. The van der Waals surface area contributed by atoms with Crippen LogP contribution in [0.4, 0.5) is 0 Å². The highest BCUT2D eigenvalue weighted by Crippen LogP contribution is 2.25. The zero-order valence-corrected chi connectivity index (χ0v) is 11.5. The van der Waals surface area contributed by atoms with Gasteiger partial charge < -0.3 is 9.64 Å². The quantitative estimate of drug-likeness (QED) is 0.805. The van der Waals surface area contributed by atoms with Crippen LogP contribution in [0, 0.1) is 0 Å². The van der Waals surface area contributed by atoms with Gasteiger partial charge in [-0.15, -0.1) is 0 Å². The van der Waals surface area contributed by atoms with Crippen LogP contribution in [0.2, 0.25) is 5.15 Å². The van der Waals surface area contributed by atoms with E-state index in [0.29, 0.717) is 10.4 Å². The number of amides is 1. The maximum absolute atomic E-state index is 11.6. The first-order valence-corrected chi connectivity index (χ1v) is 5.78.